The van der Waals surface area contributed by atoms with Crippen LogP contribution in [-0.4, -0.2) is 55.7 Å². The van der Waals surface area contributed by atoms with E-state index < -0.39 is 20.1 Å². The van der Waals surface area contributed by atoms with Crippen LogP contribution in [0.15, 0.2) is 29.2 Å². The van der Waals surface area contributed by atoms with Gasteiger partial charge in [0.2, 0.25) is 27.9 Å². The van der Waals surface area contributed by atoms with E-state index in [0.29, 0.717) is 5.69 Å². The summed E-state index contributed by atoms with van der Waals surface area (Å²) >= 11 is 0. The fraction of sp³-hybridized carbons (Fsp3) is 0.250. The highest BCUT2D eigenvalue weighted by molar-refractivity contribution is 7.88. The van der Waals surface area contributed by atoms with Crippen LogP contribution in [0.25, 0.3) is 0 Å². The molecule has 2 aromatic rings. The molecule has 6 N–H and O–H groups in total. The van der Waals surface area contributed by atoms with Crippen LogP contribution in [0.4, 0.5) is 23.5 Å². The van der Waals surface area contributed by atoms with Crippen molar-refractivity contribution in [1.82, 2.24) is 19.7 Å². The number of nitrogen functional groups attached to an aromatic ring is 1. The first-order valence-electron chi connectivity index (χ1n) is 7.07. The fourth-order valence-corrected chi connectivity index (χ4v) is 2.73. The van der Waals surface area contributed by atoms with Gasteiger partial charge in [-0.15, -0.1) is 0 Å². The lowest BCUT2D eigenvalue weighted by molar-refractivity contribution is 0.483. The van der Waals surface area contributed by atoms with Gasteiger partial charge in [0.25, 0.3) is 10.1 Å². The number of sulfonamides is 1. The minimum atomic E-state index is -4.28. The van der Waals surface area contributed by atoms with Gasteiger partial charge in [0, 0.05) is 18.8 Å². The second-order valence-corrected chi connectivity index (χ2v) is 8.31. The topological polar surface area (TPSA) is 189 Å². The molecule has 142 valence electrons. The van der Waals surface area contributed by atoms with Gasteiger partial charge < -0.3 is 16.4 Å². The van der Waals surface area contributed by atoms with Crippen LogP contribution in [0.1, 0.15) is 0 Å². The summed E-state index contributed by atoms with van der Waals surface area (Å²) in [5.41, 5.74) is 6.05. The lowest BCUT2D eigenvalue weighted by Gasteiger charge is -2.09. The third kappa shape index (κ3) is 6.40. The number of nitrogens with zero attached hydrogens (tertiary/aromatic N) is 3. The highest BCUT2D eigenvalue weighted by Crippen LogP contribution is 2.17. The molecule has 0 saturated heterocycles. The van der Waals surface area contributed by atoms with Crippen molar-refractivity contribution < 1.29 is 21.4 Å². The van der Waals surface area contributed by atoms with Gasteiger partial charge >= 0.3 is 0 Å². The lowest BCUT2D eigenvalue weighted by atomic mass is 10.3. The van der Waals surface area contributed by atoms with E-state index in [1.54, 1.807) is 0 Å². The second kappa shape index (κ2) is 7.77. The van der Waals surface area contributed by atoms with Gasteiger partial charge in [0.05, 0.1) is 11.2 Å². The fourth-order valence-electron chi connectivity index (χ4n) is 1.78. The molecule has 2 rings (SSSR count). The molecule has 0 aliphatic carbocycles. The van der Waals surface area contributed by atoms with Gasteiger partial charge in [-0.05, 0) is 24.3 Å². The van der Waals surface area contributed by atoms with E-state index >= 15 is 0 Å². The minimum absolute atomic E-state index is 0.0735. The summed E-state index contributed by atoms with van der Waals surface area (Å²) in [5, 5.41) is 5.60. The smallest absolute Gasteiger partial charge is 0.294 e. The quantitative estimate of drug-likeness (QED) is 0.279. The minimum Gasteiger partial charge on any atom is -0.368 e. The Morgan fingerprint density at radius 1 is 1.00 bits per heavy atom. The largest absolute Gasteiger partial charge is 0.368 e. The average molecular weight is 403 g/mol. The van der Waals surface area contributed by atoms with Gasteiger partial charge in [0.15, 0.2) is 0 Å². The van der Waals surface area contributed by atoms with Crippen molar-refractivity contribution in [2.45, 2.75) is 4.90 Å². The van der Waals surface area contributed by atoms with Crippen LogP contribution in [0.5, 0.6) is 0 Å². The van der Waals surface area contributed by atoms with Crippen LogP contribution in [0.3, 0.4) is 0 Å². The molecule has 14 heteroatoms. The molecule has 0 fully saturated rings. The summed E-state index contributed by atoms with van der Waals surface area (Å²) in [6.07, 6.45) is 1.04. The van der Waals surface area contributed by atoms with Gasteiger partial charge in [-0.2, -0.15) is 23.4 Å². The first-order valence-corrected chi connectivity index (χ1v) is 10.4. The van der Waals surface area contributed by atoms with Crippen LogP contribution in [0.2, 0.25) is 0 Å². The number of nitrogens with two attached hydrogens (primary N) is 1. The van der Waals surface area contributed by atoms with Crippen LogP contribution < -0.4 is 21.1 Å². The lowest BCUT2D eigenvalue weighted by Crippen LogP contribution is -2.28. The summed E-state index contributed by atoms with van der Waals surface area (Å²) in [7, 11) is -7.57. The zero-order chi connectivity index (χ0) is 19.4. The van der Waals surface area contributed by atoms with Gasteiger partial charge in [-0.3, -0.25) is 4.55 Å². The van der Waals surface area contributed by atoms with Crippen molar-refractivity contribution in [3.63, 3.8) is 0 Å². The predicted molar refractivity (Wildman–Crippen MR) is 95.1 cm³/mol. The Balaban J connectivity index is 2.04. The van der Waals surface area contributed by atoms with Crippen molar-refractivity contribution in [2.24, 2.45) is 0 Å². The highest BCUT2D eigenvalue weighted by atomic mass is 32.2. The number of aromatic nitrogens is 3. The average Bonchev–Trinajstić information content (AvgIpc) is 2.50. The standard InChI is InChI=1S/C12H17N7O5S2/c1-25(20,21)15-7-6-14-11-17-10(13)18-12(19-11)16-8-2-4-9(5-3-8)26(22,23)24/h2-5,15H,6-7H2,1H3,(H,22,23,24)(H4,13,14,16,17,18,19). The Morgan fingerprint density at radius 3 is 2.19 bits per heavy atom. The van der Waals surface area contributed by atoms with Crippen molar-refractivity contribution in [3.05, 3.63) is 24.3 Å². The monoisotopic (exact) mass is 403 g/mol. The molecule has 1 heterocycles. The number of benzene rings is 1. The van der Waals surface area contributed by atoms with Crippen molar-refractivity contribution >= 4 is 43.7 Å². The molecule has 0 bridgehead atoms. The molecule has 0 unspecified atom stereocenters. The zero-order valence-electron chi connectivity index (χ0n) is 13.5. The maximum Gasteiger partial charge on any atom is 0.294 e. The third-order valence-corrected chi connectivity index (χ3v) is 4.43. The number of hydrogen-bond acceptors (Lipinski definition) is 10. The van der Waals surface area contributed by atoms with Gasteiger partial charge in [-0.1, -0.05) is 0 Å². The van der Waals surface area contributed by atoms with E-state index in [9.17, 15) is 16.8 Å². The number of nitrogens with one attached hydrogen (secondary N) is 3. The Kier molecular flexibility index (Phi) is 5.91. The Bertz CT molecular complexity index is 978. The predicted octanol–water partition coefficient (Wildman–Crippen LogP) is -0.595. The second-order valence-electron chi connectivity index (χ2n) is 5.06. The third-order valence-electron chi connectivity index (χ3n) is 2.83. The number of rotatable bonds is 8. The first-order chi connectivity index (χ1) is 12.0. The Labute approximate surface area is 150 Å². The molecular weight excluding hydrogens is 386 g/mol. The summed E-state index contributed by atoms with van der Waals surface area (Å²) in [4.78, 5) is 11.6. The SMILES string of the molecule is CS(=O)(=O)NCCNc1nc(N)nc(Nc2ccc(S(=O)(=O)O)cc2)n1. The molecule has 0 radical (unpaired) electrons. The first kappa shape index (κ1) is 19.8. The molecule has 0 aliphatic rings. The summed E-state index contributed by atoms with van der Waals surface area (Å²) in [6.45, 7) is 0.350. The molecule has 0 saturated carbocycles. The van der Waals surface area contributed by atoms with E-state index in [0.717, 1.165) is 6.26 Å². The normalized spacial score (nSPS) is 11.9. The molecular formula is C12H17N7O5S2. The molecule has 1 aromatic carbocycles. The molecule has 0 spiro atoms. The van der Waals surface area contributed by atoms with E-state index in [1.165, 1.54) is 24.3 Å². The Morgan fingerprint density at radius 2 is 1.62 bits per heavy atom. The van der Waals surface area contributed by atoms with Crippen LogP contribution in [0, 0.1) is 0 Å². The molecule has 1 aromatic heterocycles. The van der Waals surface area contributed by atoms with Gasteiger partial charge in [0.1, 0.15) is 0 Å². The van der Waals surface area contributed by atoms with Crippen molar-refractivity contribution in [1.29, 1.82) is 0 Å². The van der Waals surface area contributed by atoms with Crippen LogP contribution >= 0.6 is 0 Å². The maximum atomic E-state index is 11.0. The number of hydrogen-bond donors (Lipinski definition) is 5. The summed E-state index contributed by atoms with van der Waals surface area (Å²) in [6, 6.07) is 5.23. The summed E-state index contributed by atoms with van der Waals surface area (Å²) in [5.74, 6) is 0.149. The molecule has 0 amide bonds. The highest BCUT2D eigenvalue weighted by Gasteiger charge is 2.10. The summed E-state index contributed by atoms with van der Waals surface area (Å²) < 4.78 is 55.2. The van der Waals surface area contributed by atoms with E-state index in [-0.39, 0.29) is 35.8 Å². The maximum absolute atomic E-state index is 11.0. The zero-order valence-corrected chi connectivity index (χ0v) is 15.2. The molecule has 0 atom stereocenters. The van der Waals surface area contributed by atoms with Crippen LogP contribution in [-0.2, 0) is 20.1 Å². The molecule has 0 aliphatic heterocycles. The van der Waals surface area contributed by atoms with Gasteiger partial charge in [-0.25, -0.2) is 13.1 Å². The molecule has 26 heavy (non-hydrogen) atoms. The Hall–Kier alpha value is -2.55. The molecule has 12 nitrogen and oxygen atoms in total. The number of anilines is 4. The van der Waals surface area contributed by atoms with Crippen molar-refractivity contribution in [2.75, 3.05) is 35.7 Å². The van der Waals surface area contributed by atoms with E-state index in [1.807, 2.05) is 0 Å². The van der Waals surface area contributed by atoms with E-state index in [4.69, 9.17) is 10.3 Å². The van der Waals surface area contributed by atoms with E-state index in [2.05, 4.69) is 30.3 Å². The van der Waals surface area contributed by atoms with Crippen molar-refractivity contribution in [3.8, 4) is 0 Å².